The molecule has 1 aromatic heterocycles. The van der Waals surface area contributed by atoms with Gasteiger partial charge in [-0.2, -0.15) is 5.10 Å². The fraction of sp³-hybridized carbons (Fsp3) is 0.483. The summed E-state index contributed by atoms with van der Waals surface area (Å²) in [4.78, 5) is 31.6. The Labute approximate surface area is 229 Å². The maximum atomic E-state index is 13.5. The number of piperidine rings is 1. The number of carbonyl (C=O) groups excluding carboxylic acids is 2. The van der Waals surface area contributed by atoms with Crippen LogP contribution in [0.3, 0.4) is 0 Å². The summed E-state index contributed by atoms with van der Waals surface area (Å²) >= 11 is 0. The molecule has 2 saturated heterocycles. The van der Waals surface area contributed by atoms with Crippen LogP contribution in [0.5, 0.6) is 5.75 Å². The summed E-state index contributed by atoms with van der Waals surface area (Å²) in [6, 6.07) is 13.3. The lowest BCUT2D eigenvalue weighted by Crippen LogP contribution is -2.52. The summed E-state index contributed by atoms with van der Waals surface area (Å²) in [6.45, 7) is 2.45. The van der Waals surface area contributed by atoms with Crippen LogP contribution in [0, 0.1) is 5.92 Å². The zero-order chi connectivity index (χ0) is 27.5. The van der Waals surface area contributed by atoms with Crippen LogP contribution in [-0.2, 0) is 27.9 Å². The summed E-state index contributed by atoms with van der Waals surface area (Å²) in [5.74, 6) is 1.71. The number of methoxy groups -OCH3 is 3. The number of anilines is 2. The first kappa shape index (κ1) is 27.0. The maximum Gasteiger partial charge on any atom is 0.332 e. The highest BCUT2D eigenvalue weighted by atomic mass is 16.7. The largest absolute Gasteiger partial charge is 0.497 e. The fourth-order valence-corrected chi connectivity index (χ4v) is 5.57. The van der Waals surface area contributed by atoms with Gasteiger partial charge >= 0.3 is 6.03 Å². The molecule has 3 heterocycles. The van der Waals surface area contributed by atoms with Crippen LogP contribution in [0.2, 0.25) is 0 Å². The zero-order valence-corrected chi connectivity index (χ0v) is 23.1. The highest BCUT2D eigenvalue weighted by Gasteiger charge is 2.35. The molecule has 2 fully saturated rings. The Morgan fingerprint density at radius 1 is 0.974 bits per heavy atom. The van der Waals surface area contributed by atoms with E-state index < -0.39 is 0 Å². The first-order valence-electron chi connectivity index (χ1n) is 13.4. The number of hydrogen-bond donors (Lipinski definition) is 0. The second-order valence-electron chi connectivity index (χ2n) is 10.2. The Morgan fingerprint density at radius 2 is 1.69 bits per heavy atom. The van der Waals surface area contributed by atoms with Gasteiger partial charge in [0.15, 0.2) is 12.1 Å². The minimum Gasteiger partial charge on any atom is -0.497 e. The molecule has 3 aromatic rings. The highest BCUT2D eigenvalue weighted by molar-refractivity contribution is 6.09. The number of benzene rings is 2. The van der Waals surface area contributed by atoms with Gasteiger partial charge in [-0.25, -0.2) is 4.79 Å². The molecule has 2 aliphatic rings. The lowest BCUT2D eigenvalue weighted by molar-refractivity contribution is -0.129. The summed E-state index contributed by atoms with van der Waals surface area (Å²) in [7, 11) is 6.88. The van der Waals surface area contributed by atoms with Gasteiger partial charge in [0.2, 0.25) is 5.91 Å². The number of rotatable bonds is 9. The molecule has 0 aliphatic carbocycles. The predicted molar refractivity (Wildman–Crippen MR) is 149 cm³/mol. The number of aryl methyl sites for hydroxylation is 1. The van der Waals surface area contributed by atoms with E-state index in [9.17, 15) is 9.59 Å². The molecule has 10 heteroatoms. The van der Waals surface area contributed by atoms with E-state index in [1.165, 1.54) is 4.90 Å². The smallest absolute Gasteiger partial charge is 0.332 e. The molecule has 0 radical (unpaired) electrons. The predicted octanol–water partition coefficient (Wildman–Crippen LogP) is 4.17. The van der Waals surface area contributed by atoms with Crippen LogP contribution in [0.4, 0.5) is 16.3 Å². The Balaban J connectivity index is 1.31. The Bertz CT molecular complexity index is 1310. The van der Waals surface area contributed by atoms with Crippen molar-refractivity contribution < 1.29 is 23.8 Å². The van der Waals surface area contributed by atoms with Crippen molar-refractivity contribution >= 4 is 34.3 Å². The lowest BCUT2D eigenvalue weighted by Gasteiger charge is -2.34. The molecule has 3 amide bonds. The summed E-state index contributed by atoms with van der Waals surface area (Å²) in [6.07, 6.45) is 3.18. The van der Waals surface area contributed by atoms with Crippen molar-refractivity contribution in [1.82, 2.24) is 14.7 Å². The summed E-state index contributed by atoms with van der Waals surface area (Å²) < 4.78 is 17.8. The molecule has 5 rings (SSSR count). The van der Waals surface area contributed by atoms with E-state index in [-0.39, 0.29) is 31.2 Å². The molecule has 208 valence electrons. The molecule has 2 aliphatic heterocycles. The number of fused-ring (bicyclic) bond motifs is 1. The number of ether oxygens (including phenoxy) is 3. The molecule has 0 atom stereocenters. The second-order valence-corrected chi connectivity index (χ2v) is 10.2. The van der Waals surface area contributed by atoms with Crippen molar-refractivity contribution in [2.45, 2.75) is 38.5 Å². The van der Waals surface area contributed by atoms with Gasteiger partial charge in [-0.3, -0.25) is 19.3 Å². The molecular formula is C29H37N5O5. The third kappa shape index (κ3) is 5.58. The van der Waals surface area contributed by atoms with Crippen molar-refractivity contribution in [2.75, 3.05) is 50.8 Å². The van der Waals surface area contributed by atoms with Crippen molar-refractivity contribution in [3.05, 3.63) is 48.0 Å². The maximum absolute atomic E-state index is 13.5. The van der Waals surface area contributed by atoms with Crippen LogP contribution in [0.15, 0.2) is 42.5 Å². The first-order valence-corrected chi connectivity index (χ1v) is 13.4. The molecular weight excluding hydrogens is 498 g/mol. The van der Waals surface area contributed by atoms with E-state index in [1.54, 1.807) is 26.2 Å². The van der Waals surface area contributed by atoms with Crippen LogP contribution < -0.4 is 14.5 Å². The summed E-state index contributed by atoms with van der Waals surface area (Å²) in [5, 5.41) is 5.62. The number of imide groups is 1. The molecule has 0 saturated carbocycles. The minimum absolute atomic E-state index is 0.148. The van der Waals surface area contributed by atoms with Crippen molar-refractivity contribution in [3.8, 4) is 5.75 Å². The Kier molecular flexibility index (Phi) is 8.04. The highest BCUT2D eigenvalue weighted by Crippen LogP contribution is 2.33. The first-order chi connectivity index (χ1) is 18.9. The fourth-order valence-electron chi connectivity index (χ4n) is 5.57. The van der Waals surface area contributed by atoms with Gasteiger partial charge in [0, 0.05) is 64.8 Å². The molecule has 0 N–H and O–H groups in total. The number of aromatic nitrogens is 2. The van der Waals surface area contributed by atoms with E-state index in [0.717, 1.165) is 60.3 Å². The third-order valence-corrected chi connectivity index (χ3v) is 7.91. The number of urea groups is 1. The average molecular weight is 536 g/mol. The number of nitrogens with zero attached hydrogens (tertiary/aromatic N) is 5. The van der Waals surface area contributed by atoms with E-state index in [1.807, 2.05) is 42.1 Å². The Morgan fingerprint density at radius 3 is 2.36 bits per heavy atom. The van der Waals surface area contributed by atoms with Crippen LogP contribution in [0.25, 0.3) is 10.9 Å². The topological polar surface area (TPSA) is 89.4 Å². The summed E-state index contributed by atoms with van der Waals surface area (Å²) in [5.41, 5.74) is 2.96. The number of amides is 3. The van der Waals surface area contributed by atoms with Crippen molar-refractivity contribution in [3.63, 3.8) is 0 Å². The van der Waals surface area contributed by atoms with Gasteiger partial charge in [-0.1, -0.05) is 12.1 Å². The molecule has 0 unspecified atom stereocenters. The standard InChI is InChI=1S/C29H37N5O5/c1-31-25-18-22(32-14-11-20(12-15-32)17-27(38-3)39-4)7-10-24(25)28(30-31)33-16-13-26(35)34(29(33)36)19-21-5-8-23(37-2)9-6-21/h5-10,18,20,27H,11-17,19H2,1-4H3. The van der Waals surface area contributed by atoms with E-state index >= 15 is 0 Å². The molecule has 39 heavy (non-hydrogen) atoms. The third-order valence-electron chi connectivity index (χ3n) is 7.91. The van der Waals surface area contributed by atoms with Crippen LogP contribution in [0.1, 0.15) is 31.2 Å². The van der Waals surface area contributed by atoms with Gasteiger partial charge in [-0.05, 0) is 54.7 Å². The Hall–Kier alpha value is -3.63. The molecule has 0 spiro atoms. The quantitative estimate of drug-likeness (QED) is 0.380. The average Bonchev–Trinajstić information content (AvgIpc) is 3.29. The normalized spacial score (nSPS) is 17.1. The van der Waals surface area contributed by atoms with Gasteiger partial charge in [0.25, 0.3) is 0 Å². The van der Waals surface area contributed by atoms with Crippen molar-refractivity contribution in [2.24, 2.45) is 13.0 Å². The van der Waals surface area contributed by atoms with E-state index in [4.69, 9.17) is 19.3 Å². The number of hydrogen-bond acceptors (Lipinski definition) is 7. The van der Waals surface area contributed by atoms with E-state index in [2.05, 4.69) is 17.0 Å². The SMILES string of the molecule is COc1ccc(CN2C(=O)CCN(c3nn(C)c4cc(N5CCC(CC(OC)OC)CC5)ccc34)C2=O)cc1. The minimum atomic E-state index is -0.348. The monoisotopic (exact) mass is 535 g/mol. The van der Waals surface area contributed by atoms with Gasteiger partial charge in [0.05, 0.1) is 19.2 Å². The van der Waals surface area contributed by atoms with Gasteiger partial charge < -0.3 is 19.1 Å². The van der Waals surface area contributed by atoms with Crippen LogP contribution in [-0.4, -0.2) is 73.9 Å². The van der Waals surface area contributed by atoms with Gasteiger partial charge in [-0.15, -0.1) is 0 Å². The lowest BCUT2D eigenvalue weighted by atomic mass is 9.93. The molecule has 2 aromatic carbocycles. The zero-order valence-electron chi connectivity index (χ0n) is 23.1. The van der Waals surface area contributed by atoms with E-state index in [0.29, 0.717) is 18.3 Å². The van der Waals surface area contributed by atoms with Gasteiger partial charge in [0.1, 0.15) is 5.75 Å². The molecule has 0 bridgehead atoms. The number of carbonyl (C=O) groups is 2. The second kappa shape index (κ2) is 11.6. The van der Waals surface area contributed by atoms with Crippen LogP contribution >= 0.6 is 0 Å². The van der Waals surface area contributed by atoms with Crippen molar-refractivity contribution in [1.29, 1.82) is 0 Å². The molecule has 10 nitrogen and oxygen atoms in total.